The molecule has 0 spiro atoms. The van der Waals surface area contributed by atoms with Gasteiger partial charge >= 0.3 is 0 Å². The van der Waals surface area contributed by atoms with Crippen LogP contribution in [0.4, 0.5) is 10.2 Å². The number of nitrogens with two attached hydrogens (primary N) is 1. The Balaban J connectivity index is 1.25. The number of fused-ring (bicyclic) bond motifs is 1. The molecule has 2 aromatic carbocycles. The summed E-state index contributed by atoms with van der Waals surface area (Å²) < 4.78 is 19.1. The number of epoxide rings is 1. The van der Waals surface area contributed by atoms with Gasteiger partial charge < -0.3 is 20.6 Å². The van der Waals surface area contributed by atoms with E-state index in [4.69, 9.17) is 15.3 Å². The number of amidine groups is 1. The first-order valence-corrected chi connectivity index (χ1v) is 10.4. The number of anilines is 1. The van der Waals surface area contributed by atoms with E-state index in [1.807, 2.05) is 24.3 Å². The Morgan fingerprint density at radius 3 is 2.74 bits per heavy atom. The van der Waals surface area contributed by atoms with E-state index in [2.05, 4.69) is 27.4 Å². The highest BCUT2D eigenvalue weighted by Crippen LogP contribution is 2.40. The van der Waals surface area contributed by atoms with Crippen LogP contribution in [-0.4, -0.2) is 22.1 Å². The second kappa shape index (κ2) is 7.77. The summed E-state index contributed by atoms with van der Waals surface area (Å²) in [5.74, 6) is 1.89. The van der Waals surface area contributed by atoms with Crippen LogP contribution >= 0.6 is 0 Å². The van der Waals surface area contributed by atoms with Crippen LogP contribution in [0.15, 0.2) is 47.6 Å². The lowest BCUT2D eigenvalue weighted by Gasteiger charge is -2.17. The van der Waals surface area contributed by atoms with E-state index in [1.165, 1.54) is 12.1 Å². The standard InChI is InChI=1S/C23H24FN5O2/c1-12(26-22-18-10-9-17(24)11-19(18)27-13(2)28-22)14-3-5-15(6-4-14)20-23(30-20)31-29-21(25)16-7-8-16/h3-6,9-12,16,20,23H,7-8H2,1-2H3,(H2,25,29)(H,26,27,28)/t12-,20?,23?/m0/s1. The number of oxime groups is 1. The molecule has 3 atom stereocenters. The van der Waals surface area contributed by atoms with Crippen molar-refractivity contribution in [2.75, 3.05) is 5.32 Å². The lowest BCUT2D eigenvalue weighted by molar-refractivity contribution is 0.0546. The van der Waals surface area contributed by atoms with Gasteiger partial charge in [-0.15, -0.1) is 0 Å². The second-order valence-corrected chi connectivity index (χ2v) is 8.13. The van der Waals surface area contributed by atoms with Crippen LogP contribution in [0, 0.1) is 18.7 Å². The van der Waals surface area contributed by atoms with Crippen LogP contribution in [0.5, 0.6) is 0 Å². The van der Waals surface area contributed by atoms with Crippen LogP contribution < -0.4 is 11.1 Å². The molecule has 31 heavy (non-hydrogen) atoms. The first kappa shape index (κ1) is 19.7. The summed E-state index contributed by atoms with van der Waals surface area (Å²) in [6.45, 7) is 3.85. The van der Waals surface area contributed by atoms with E-state index in [0.717, 1.165) is 29.4 Å². The highest BCUT2D eigenvalue weighted by molar-refractivity contribution is 5.89. The molecule has 1 aliphatic carbocycles. The summed E-state index contributed by atoms with van der Waals surface area (Å²) in [6.07, 6.45) is 1.66. The maximum absolute atomic E-state index is 13.6. The van der Waals surface area contributed by atoms with Gasteiger partial charge in [-0.1, -0.05) is 29.4 Å². The zero-order valence-corrected chi connectivity index (χ0v) is 17.4. The molecule has 2 unspecified atom stereocenters. The van der Waals surface area contributed by atoms with Gasteiger partial charge in [-0.05, 0) is 49.9 Å². The van der Waals surface area contributed by atoms with Crippen molar-refractivity contribution in [3.8, 4) is 0 Å². The van der Waals surface area contributed by atoms with Crippen molar-refractivity contribution < 1.29 is 14.0 Å². The fourth-order valence-electron chi connectivity index (χ4n) is 3.57. The Morgan fingerprint density at radius 2 is 2.00 bits per heavy atom. The molecule has 160 valence electrons. The summed E-state index contributed by atoms with van der Waals surface area (Å²) in [6, 6.07) is 12.7. The summed E-state index contributed by atoms with van der Waals surface area (Å²) in [5, 5.41) is 8.19. The van der Waals surface area contributed by atoms with Crippen molar-refractivity contribution in [3.63, 3.8) is 0 Å². The van der Waals surface area contributed by atoms with Gasteiger partial charge in [0.15, 0.2) is 6.10 Å². The van der Waals surface area contributed by atoms with Crippen molar-refractivity contribution in [3.05, 3.63) is 65.2 Å². The van der Waals surface area contributed by atoms with E-state index in [-0.39, 0.29) is 24.3 Å². The number of halogens is 1. The van der Waals surface area contributed by atoms with Crippen molar-refractivity contribution >= 4 is 22.6 Å². The lowest BCUT2D eigenvalue weighted by Crippen LogP contribution is -2.14. The van der Waals surface area contributed by atoms with Gasteiger partial charge in [0, 0.05) is 23.4 Å². The molecule has 2 heterocycles. The van der Waals surface area contributed by atoms with Crippen molar-refractivity contribution in [2.24, 2.45) is 16.8 Å². The predicted octanol–water partition coefficient (Wildman–Crippen LogP) is 4.35. The second-order valence-electron chi connectivity index (χ2n) is 8.13. The minimum absolute atomic E-state index is 0.00767. The molecule has 3 aromatic rings. The Labute approximate surface area is 179 Å². The van der Waals surface area contributed by atoms with Crippen LogP contribution in [0.1, 0.15) is 48.9 Å². The number of rotatable bonds is 7. The minimum Gasteiger partial charge on any atom is -0.384 e. The fourth-order valence-corrected chi connectivity index (χ4v) is 3.57. The normalized spacial score (nSPS) is 21.7. The zero-order chi connectivity index (χ0) is 21.5. The molecule has 0 radical (unpaired) electrons. The van der Waals surface area contributed by atoms with E-state index < -0.39 is 0 Å². The number of nitrogens with one attached hydrogen (secondary N) is 1. The number of hydrogen-bond donors (Lipinski definition) is 2. The predicted molar refractivity (Wildman–Crippen MR) is 116 cm³/mol. The van der Waals surface area contributed by atoms with Gasteiger partial charge in [0.05, 0.1) is 5.52 Å². The summed E-state index contributed by atoms with van der Waals surface area (Å²) >= 11 is 0. The smallest absolute Gasteiger partial charge is 0.258 e. The molecule has 3 N–H and O–H groups in total. The van der Waals surface area contributed by atoms with Crippen LogP contribution in [0.3, 0.4) is 0 Å². The van der Waals surface area contributed by atoms with Crippen molar-refractivity contribution in [1.29, 1.82) is 0 Å². The van der Waals surface area contributed by atoms with Gasteiger partial charge in [-0.25, -0.2) is 14.4 Å². The average molecular weight is 421 g/mol. The van der Waals surface area contributed by atoms with E-state index in [9.17, 15) is 4.39 Å². The number of nitrogens with zero attached hydrogens (tertiary/aromatic N) is 3. The minimum atomic E-state index is -0.380. The van der Waals surface area contributed by atoms with E-state index in [1.54, 1.807) is 13.0 Å². The van der Waals surface area contributed by atoms with Crippen LogP contribution in [0.25, 0.3) is 10.9 Å². The average Bonchev–Trinajstić information content (AvgIpc) is 3.66. The van der Waals surface area contributed by atoms with E-state index in [0.29, 0.717) is 28.9 Å². The molecule has 8 heteroatoms. The third-order valence-corrected chi connectivity index (χ3v) is 5.60. The molecule has 2 fully saturated rings. The molecule has 2 aliphatic rings. The molecule has 1 aliphatic heterocycles. The Morgan fingerprint density at radius 1 is 1.23 bits per heavy atom. The number of ether oxygens (including phenoxy) is 1. The van der Waals surface area contributed by atoms with E-state index >= 15 is 0 Å². The summed E-state index contributed by atoms with van der Waals surface area (Å²) in [7, 11) is 0. The first-order chi connectivity index (χ1) is 15.0. The SMILES string of the molecule is Cc1nc(N[C@@H](C)c2ccc(C3OC3O/N=C(\N)C3CC3)cc2)c2ccc(F)cc2n1. The molecule has 1 aromatic heterocycles. The number of hydrogen-bond acceptors (Lipinski definition) is 6. The van der Waals surface area contributed by atoms with Gasteiger partial charge in [0.1, 0.15) is 23.3 Å². The molecule has 7 nitrogen and oxygen atoms in total. The Hall–Kier alpha value is -3.26. The van der Waals surface area contributed by atoms with Crippen LogP contribution in [-0.2, 0) is 9.57 Å². The molecule has 0 amide bonds. The fraction of sp³-hybridized carbons (Fsp3) is 0.348. The highest BCUT2D eigenvalue weighted by Gasteiger charge is 2.43. The zero-order valence-electron chi connectivity index (χ0n) is 17.4. The molecule has 5 rings (SSSR count). The molecular weight excluding hydrogens is 397 g/mol. The van der Waals surface area contributed by atoms with Crippen molar-refractivity contribution in [1.82, 2.24) is 9.97 Å². The number of aryl methyl sites for hydroxylation is 1. The quantitative estimate of drug-likeness (QED) is 0.255. The first-order valence-electron chi connectivity index (χ1n) is 10.4. The monoisotopic (exact) mass is 421 g/mol. The van der Waals surface area contributed by atoms with Gasteiger partial charge in [0.25, 0.3) is 6.29 Å². The highest BCUT2D eigenvalue weighted by atomic mass is 19.1. The largest absolute Gasteiger partial charge is 0.384 e. The summed E-state index contributed by atoms with van der Waals surface area (Å²) in [5.41, 5.74) is 8.54. The molecule has 0 bridgehead atoms. The maximum Gasteiger partial charge on any atom is 0.258 e. The van der Waals surface area contributed by atoms with Gasteiger partial charge in [-0.3, -0.25) is 0 Å². The summed E-state index contributed by atoms with van der Waals surface area (Å²) in [4.78, 5) is 14.2. The Kier molecular flexibility index (Phi) is 4.94. The molecular formula is C23H24FN5O2. The van der Waals surface area contributed by atoms with Gasteiger partial charge in [0.2, 0.25) is 0 Å². The third kappa shape index (κ3) is 4.29. The lowest BCUT2D eigenvalue weighted by atomic mass is 10.0. The maximum atomic E-state index is 13.6. The van der Waals surface area contributed by atoms with Crippen LogP contribution in [0.2, 0.25) is 0 Å². The third-order valence-electron chi connectivity index (χ3n) is 5.60. The Bertz CT molecular complexity index is 1140. The molecule has 1 saturated heterocycles. The van der Waals surface area contributed by atoms with Gasteiger partial charge in [-0.2, -0.15) is 0 Å². The van der Waals surface area contributed by atoms with Crippen molar-refractivity contribution in [2.45, 2.75) is 45.1 Å². The topological polar surface area (TPSA) is 98.0 Å². The number of benzene rings is 2. The number of aromatic nitrogens is 2. The molecule has 1 saturated carbocycles.